The number of amides is 1. The van der Waals surface area contributed by atoms with Crippen LogP contribution in [0, 0.1) is 0 Å². The topological polar surface area (TPSA) is 69.7 Å². The van der Waals surface area contributed by atoms with Crippen molar-refractivity contribution in [3.8, 4) is 17.2 Å². The van der Waals surface area contributed by atoms with Crippen LogP contribution >= 0.6 is 0 Å². The van der Waals surface area contributed by atoms with Gasteiger partial charge in [0, 0.05) is 17.7 Å². The number of benzene rings is 2. The summed E-state index contributed by atoms with van der Waals surface area (Å²) < 4.78 is 16.3. The van der Waals surface area contributed by atoms with E-state index in [0.717, 1.165) is 22.9 Å². The van der Waals surface area contributed by atoms with Crippen molar-refractivity contribution >= 4 is 28.6 Å². The highest BCUT2D eigenvalue weighted by atomic mass is 16.5. The van der Waals surface area contributed by atoms with Crippen LogP contribution in [0.4, 0.5) is 5.69 Å². The van der Waals surface area contributed by atoms with Crippen LogP contribution in [-0.4, -0.2) is 31.7 Å². The molecule has 2 aromatic carbocycles. The highest BCUT2D eigenvalue weighted by molar-refractivity contribution is 6.07. The zero-order valence-electron chi connectivity index (χ0n) is 16.8. The van der Waals surface area contributed by atoms with Gasteiger partial charge in [-0.1, -0.05) is 13.0 Å². The number of nitrogens with zero attached hydrogens (tertiary/aromatic N) is 1. The molecule has 29 heavy (non-hydrogen) atoms. The standard InChI is InChI=1S/C23H24N2O4/c1-4-14-29-20-11-9-18(17-6-5-13-24-23(17)20)25-22(26)12-8-16-7-10-19(27-2)21(15-16)28-3/h5-13,15H,4,14H2,1-3H3,(H,25,26). The Morgan fingerprint density at radius 1 is 1.07 bits per heavy atom. The van der Waals surface area contributed by atoms with Gasteiger partial charge in [-0.2, -0.15) is 0 Å². The van der Waals surface area contributed by atoms with Crippen molar-refractivity contribution < 1.29 is 19.0 Å². The maximum absolute atomic E-state index is 12.5. The number of methoxy groups -OCH3 is 2. The van der Waals surface area contributed by atoms with Gasteiger partial charge in [0.25, 0.3) is 0 Å². The quantitative estimate of drug-likeness (QED) is 0.563. The molecule has 0 radical (unpaired) electrons. The molecular formula is C23H24N2O4. The average Bonchev–Trinajstić information content (AvgIpc) is 2.77. The van der Waals surface area contributed by atoms with Crippen LogP contribution < -0.4 is 19.5 Å². The number of carbonyl (C=O) groups excluding carboxylic acids is 1. The average molecular weight is 392 g/mol. The van der Waals surface area contributed by atoms with E-state index in [9.17, 15) is 4.79 Å². The number of rotatable bonds is 8. The molecule has 0 aliphatic rings. The number of hydrogen-bond acceptors (Lipinski definition) is 5. The van der Waals surface area contributed by atoms with E-state index in [1.165, 1.54) is 6.08 Å². The number of hydrogen-bond donors (Lipinski definition) is 1. The van der Waals surface area contributed by atoms with Crippen molar-refractivity contribution in [3.05, 3.63) is 60.3 Å². The maximum Gasteiger partial charge on any atom is 0.248 e. The number of aromatic nitrogens is 1. The van der Waals surface area contributed by atoms with Gasteiger partial charge in [0.2, 0.25) is 5.91 Å². The number of carbonyl (C=O) groups is 1. The summed E-state index contributed by atoms with van der Waals surface area (Å²) in [6.45, 7) is 2.67. The van der Waals surface area contributed by atoms with Crippen LogP contribution in [0.25, 0.3) is 17.0 Å². The third-order valence-corrected chi connectivity index (χ3v) is 4.29. The van der Waals surface area contributed by atoms with E-state index in [0.29, 0.717) is 29.5 Å². The van der Waals surface area contributed by atoms with E-state index in [1.54, 1.807) is 32.6 Å². The minimum Gasteiger partial charge on any atom is -0.493 e. The maximum atomic E-state index is 12.5. The Bertz CT molecular complexity index is 1030. The Morgan fingerprint density at radius 2 is 1.86 bits per heavy atom. The van der Waals surface area contributed by atoms with E-state index < -0.39 is 0 Å². The molecule has 3 rings (SSSR count). The van der Waals surface area contributed by atoms with Gasteiger partial charge < -0.3 is 19.5 Å². The van der Waals surface area contributed by atoms with Crippen molar-refractivity contribution in [3.63, 3.8) is 0 Å². The lowest BCUT2D eigenvalue weighted by Crippen LogP contribution is -2.08. The smallest absolute Gasteiger partial charge is 0.248 e. The van der Waals surface area contributed by atoms with E-state index in [1.807, 2.05) is 36.4 Å². The van der Waals surface area contributed by atoms with E-state index in [2.05, 4.69) is 17.2 Å². The third-order valence-electron chi connectivity index (χ3n) is 4.29. The van der Waals surface area contributed by atoms with Crippen molar-refractivity contribution in [2.75, 3.05) is 26.1 Å². The lowest BCUT2D eigenvalue weighted by Gasteiger charge is -2.11. The molecule has 1 amide bonds. The summed E-state index contributed by atoms with van der Waals surface area (Å²) in [6, 6.07) is 12.9. The molecule has 1 N–H and O–H groups in total. The summed E-state index contributed by atoms with van der Waals surface area (Å²) in [5, 5.41) is 3.74. The van der Waals surface area contributed by atoms with Crippen LogP contribution in [-0.2, 0) is 4.79 Å². The predicted molar refractivity (Wildman–Crippen MR) is 115 cm³/mol. The first-order valence-corrected chi connectivity index (χ1v) is 9.38. The monoisotopic (exact) mass is 392 g/mol. The zero-order chi connectivity index (χ0) is 20.6. The fourth-order valence-corrected chi connectivity index (χ4v) is 2.89. The molecule has 6 heteroatoms. The first-order valence-electron chi connectivity index (χ1n) is 9.38. The third kappa shape index (κ3) is 4.85. The molecule has 0 atom stereocenters. The zero-order valence-corrected chi connectivity index (χ0v) is 16.8. The minimum absolute atomic E-state index is 0.243. The summed E-state index contributed by atoms with van der Waals surface area (Å²) in [7, 11) is 3.16. The first kappa shape index (κ1) is 20.2. The molecule has 3 aromatic rings. The normalized spacial score (nSPS) is 10.9. The van der Waals surface area contributed by atoms with Gasteiger partial charge in [0.05, 0.1) is 26.5 Å². The fourth-order valence-electron chi connectivity index (χ4n) is 2.89. The Balaban J connectivity index is 1.79. The van der Waals surface area contributed by atoms with Crippen LogP contribution in [0.5, 0.6) is 17.2 Å². The highest BCUT2D eigenvalue weighted by Gasteiger charge is 2.10. The molecule has 0 spiro atoms. The summed E-state index contributed by atoms with van der Waals surface area (Å²) in [4.78, 5) is 16.9. The van der Waals surface area contributed by atoms with Crippen molar-refractivity contribution in [1.29, 1.82) is 0 Å². The first-order chi connectivity index (χ1) is 14.2. The van der Waals surface area contributed by atoms with Gasteiger partial charge in [-0.3, -0.25) is 9.78 Å². The van der Waals surface area contributed by atoms with Crippen LogP contribution in [0.3, 0.4) is 0 Å². The SMILES string of the molecule is CCCOc1ccc(NC(=O)C=Cc2ccc(OC)c(OC)c2)c2cccnc12. The molecule has 6 nitrogen and oxygen atoms in total. The minimum atomic E-state index is -0.243. The highest BCUT2D eigenvalue weighted by Crippen LogP contribution is 2.30. The van der Waals surface area contributed by atoms with Crippen molar-refractivity contribution in [2.24, 2.45) is 0 Å². The lowest BCUT2D eigenvalue weighted by atomic mass is 10.1. The molecule has 0 fully saturated rings. The largest absolute Gasteiger partial charge is 0.493 e. The van der Waals surface area contributed by atoms with Gasteiger partial charge >= 0.3 is 0 Å². The molecule has 1 heterocycles. The Kier molecular flexibility index (Phi) is 6.68. The Labute approximate surface area is 170 Å². The van der Waals surface area contributed by atoms with Crippen LogP contribution in [0.15, 0.2) is 54.7 Å². The summed E-state index contributed by atoms with van der Waals surface area (Å²) in [5.74, 6) is 1.71. The second-order valence-electron chi connectivity index (χ2n) is 6.30. The number of pyridine rings is 1. The molecule has 0 saturated carbocycles. The van der Waals surface area contributed by atoms with Gasteiger partial charge in [0.1, 0.15) is 11.3 Å². The molecule has 0 unspecified atom stereocenters. The van der Waals surface area contributed by atoms with E-state index >= 15 is 0 Å². The van der Waals surface area contributed by atoms with Gasteiger partial charge in [-0.05, 0) is 54.5 Å². The number of ether oxygens (including phenoxy) is 3. The molecule has 0 saturated heterocycles. The van der Waals surface area contributed by atoms with Gasteiger partial charge in [-0.25, -0.2) is 0 Å². The van der Waals surface area contributed by atoms with Crippen molar-refractivity contribution in [1.82, 2.24) is 4.98 Å². The predicted octanol–water partition coefficient (Wildman–Crippen LogP) is 4.69. The summed E-state index contributed by atoms with van der Waals surface area (Å²) in [6.07, 6.45) is 5.82. The fraction of sp³-hybridized carbons (Fsp3) is 0.217. The molecule has 0 aliphatic carbocycles. The molecular weight excluding hydrogens is 368 g/mol. The summed E-state index contributed by atoms with van der Waals surface area (Å²) >= 11 is 0. The number of fused-ring (bicyclic) bond motifs is 1. The van der Waals surface area contributed by atoms with Gasteiger partial charge in [0.15, 0.2) is 11.5 Å². The van der Waals surface area contributed by atoms with Gasteiger partial charge in [-0.15, -0.1) is 0 Å². The van der Waals surface area contributed by atoms with Crippen LogP contribution in [0.2, 0.25) is 0 Å². The second-order valence-corrected chi connectivity index (χ2v) is 6.30. The summed E-state index contributed by atoms with van der Waals surface area (Å²) in [5.41, 5.74) is 2.23. The Hall–Kier alpha value is -3.54. The molecule has 150 valence electrons. The lowest BCUT2D eigenvalue weighted by molar-refractivity contribution is -0.111. The molecule has 0 aliphatic heterocycles. The second kappa shape index (κ2) is 9.59. The Morgan fingerprint density at radius 3 is 2.62 bits per heavy atom. The molecule has 1 aromatic heterocycles. The van der Waals surface area contributed by atoms with E-state index in [-0.39, 0.29) is 5.91 Å². The molecule has 0 bridgehead atoms. The number of nitrogens with one attached hydrogen (secondary N) is 1. The van der Waals surface area contributed by atoms with Crippen molar-refractivity contribution in [2.45, 2.75) is 13.3 Å². The van der Waals surface area contributed by atoms with Crippen LogP contribution in [0.1, 0.15) is 18.9 Å². The number of anilines is 1. The van der Waals surface area contributed by atoms with E-state index in [4.69, 9.17) is 14.2 Å².